The van der Waals surface area contributed by atoms with Gasteiger partial charge in [0.2, 0.25) is 5.13 Å². The van der Waals surface area contributed by atoms with Gasteiger partial charge in [-0.3, -0.25) is 4.72 Å². The number of hydrogen-bond donors (Lipinski definition) is 2. The minimum absolute atomic E-state index is 0.257. The van der Waals surface area contributed by atoms with Crippen LogP contribution in [0.1, 0.15) is 17.8 Å². The second-order valence-electron chi connectivity index (χ2n) is 4.60. The summed E-state index contributed by atoms with van der Waals surface area (Å²) in [5, 5.41) is 3.55. The maximum atomic E-state index is 12.3. The van der Waals surface area contributed by atoms with E-state index in [-0.39, 0.29) is 4.90 Å². The summed E-state index contributed by atoms with van der Waals surface area (Å²) < 4.78 is 31.0. The van der Waals surface area contributed by atoms with E-state index in [2.05, 4.69) is 19.4 Å². The van der Waals surface area contributed by atoms with Crippen LogP contribution in [0.5, 0.6) is 0 Å². The van der Waals surface area contributed by atoms with Crippen molar-refractivity contribution in [1.29, 1.82) is 0 Å². The van der Waals surface area contributed by atoms with Gasteiger partial charge in [0.05, 0.1) is 4.90 Å². The maximum absolute atomic E-state index is 12.3. The monoisotopic (exact) mass is 310 g/mol. The molecule has 20 heavy (non-hydrogen) atoms. The summed E-state index contributed by atoms with van der Waals surface area (Å²) in [6.07, 6.45) is 1.91. The fourth-order valence-corrected chi connectivity index (χ4v) is 3.98. The van der Waals surface area contributed by atoms with Crippen LogP contribution in [0.3, 0.4) is 0 Å². The molecule has 8 heteroatoms. The van der Waals surface area contributed by atoms with Crippen molar-refractivity contribution in [3.8, 4) is 0 Å². The Hall–Kier alpha value is -1.67. The molecule has 0 radical (unpaired) electrons. The Bertz CT molecular complexity index is 740. The van der Waals surface area contributed by atoms with Crippen molar-refractivity contribution < 1.29 is 8.42 Å². The Kier molecular flexibility index (Phi) is 3.35. The number of benzene rings is 1. The van der Waals surface area contributed by atoms with Crippen molar-refractivity contribution in [2.75, 3.05) is 16.6 Å². The normalized spacial score (nSPS) is 14.4. The van der Waals surface area contributed by atoms with Gasteiger partial charge in [-0.1, -0.05) is 0 Å². The van der Waals surface area contributed by atoms with Gasteiger partial charge in [-0.2, -0.15) is 4.37 Å². The highest BCUT2D eigenvalue weighted by Gasteiger charge is 2.19. The molecule has 0 aliphatic carbocycles. The van der Waals surface area contributed by atoms with Gasteiger partial charge in [0, 0.05) is 23.8 Å². The lowest BCUT2D eigenvalue weighted by atomic mass is 10.0. The van der Waals surface area contributed by atoms with E-state index >= 15 is 0 Å². The van der Waals surface area contributed by atoms with E-state index in [1.807, 2.05) is 6.07 Å². The largest absolute Gasteiger partial charge is 0.385 e. The van der Waals surface area contributed by atoms with Crippen LogP contribution in [0, 0.1) is 6.92 Å². The molecule has 3 rings (SSSR count). The van der Waals surface area contributed by atoms with Crippen LogP contribution < -0.4 is 10.0 Å². The number of rotatable bonds is 3. The van der Waals surface area contributed by atoms with Crippen molar-refractivity contribution >= 4 is 32.4 Å². The van der Waals surface area contributed by atoms with E-state index in [0.717, 1.165) is 42.2 Å². The van der Waals surface area contributed by atoms with E-state index in [1.165, 1.54) is 0 Å². The first-order valence-corrected chi connectivity index (χ1v) is 8.50. The smallest absolute Gasteiger partial charge is 0.263 e. The summed E-state index contributed by atoms with van der Waals surface area (Å²) in [7, 11) is -3.60. The molecule has 2 aromatic rings. The quantitative estimate of drug-likeness (QED) is 0.906. The van der Waals surface area contributed by atoms with Gasteiger partial charge in [0.25, 0.3) is 10.0 Å². The molecule has 0 amide bonds. The molecular weight excluding hydrogens is 296 g/mol. The molecule has 0 saturated carbocycles. The van der Waals surface area contributed by atoms with Crippen molar-refractivity contribution in [1.82, 2.24) is 9.36 Å². The van der Waals surface area contributed by atoms with Crippen molar-refractivity contribution in [2.24, 2.45) is 0 Å². The minimum Gasteiger partial charge on any atom is -0.385 e. The van der Waals surface area contributed by atoms with Crippen LogP contribution in [0.15, 0.2) is 23.1 Å². The van der Waals surface area contributed by atoms with Gasteiger partial charge < -0.3 is 5.32 Å². The first-order valence-electron chi connectivity index (χ1n) is 6.24. The average molecular weight is 310 g/mol. The SMILES string of the molecule is Cc1nsc(NS(=O)(=O)c2ccc3c(c2)CCCN3)n1. The number of sulfonamides is 1. The number of aromatic nitrogens is 2. The van der Waals surface area contributed by atoms with Crippen molar-refractivity contribution in [2.45, 2.75) is 24.7 Å². The highest BCUT2D eigenvalue weighted by molar-refractivity contribution is 7.93. The van der Waals surface area contributed by atoms with E-state index < -0.39 is 10.0 Å². The van der Waals surface area contributed by atoms with Crippen LogP contribution in [0.25, 0.3) is 0 Å². The summed E-state index contributed by atoms with van der Waals surface area (Å²) >= 11 is 1.04. The predicted molar refractivity (Wildman–Crippen MR) is 78.7 cm³/mol. The lowest BCUT2D eigenvalue weighted by Crippen LogP contribution is -2.16. The molecule has 1 aromatic heterocycles. The second kappa shape index (κ2) is 5.02. The minimum atomic E-state index is -3.60. The van der Waals surface area contributed by atoms with E-state index in [0.29, 0.717) is 11.0 Å². The first kappa shape index (κ1) is 13.3. The molecule has 1 aliphatic heterocycles. The van der Waals surface area contributed by atoms with E-state index in [4.69, 9.17) is 0 Å². The van der Waals surface area contributed by atoms with Gasteiger partial charge in [0.15, 0.2) is 0 Å². The Morgan fingerprint density at radius 3 is 3.00 bits per heavy atom. The summed E-state index contributed by atoms with van der Waals surface area (Å²) in [5.41, 5.74) is 2.05. The molecule has 2 N–H and O–H groups in total. The van der Waals surface area contributed by atoms with Gasteiger partial charge in [-0.05, 0) is 43.5 Å². The molecule has 0 unspecified atom stereocenters. The zero-order valence-electron chi connectivity index (χ0n) is 10.9. The summed E-state index contributed by atoms with van der Waals surface area (Å²) in [6.45, 7) is 2.65. The standard InChI is InChI=1S/C12H14N4O2S2/c1-8-14-12(19-15-8)16-20(17,18)10-4-5-11-9(7-10)3-2-6-13-11/h4-5,7,13H,2-3,6H2,1H3,(H,14,15,16). The second-order valence-corrected chi connectivity index (χ2v) is 7.04. The molecule has 0 saturated heterocycles. The predicted octanol–water partition coefficient (Wildman–Crippen LogP) is 2.01. The summed E-state index contributed by atoms with van der Waals surface area (Å²) in [6, 6.07) is 5.14. The molecule has 106 valence electrons. The molecule has 1 aliphatic rings. The van der Waals surface area contributed by atoms with E-state index in [9.17, 15) is 8.42 Å². The molecule has 0 bridgehead atoms. The molecule has 1 aromatic carbocycles. The third kappa shape index (κ3) is 2.61. The maximum Gasteiger partial charge on any atom is 0.263 e. The Labute approximate surface area is 121 Å². The van der Waals surface area contributed by atoms with Gasteiger partial charge >= 0.3 is 0 Å². The average Bonchev–Trinajstić information content (AvgIpc) is 2.83. The van der Waals surface area contributed by atoms with Crippen molar-refractivity contribution in [3.05, 3.63) is 29.6 Å². The van der Waals surface area contributed by atoms with Crippen LogP contribution >= 0.6 is 11.5 Å². The molecule has 6 nitrogen and oxygen atoms in total. The van der Waals surface area contributed by atoms with Crippen LogP contribution in [-0.2, 0) is 16.4 Å². The zero-order chi connectivity index (χ0) is 14.2. The fraction of sp³-hybridized carbons (Fsp3) is 0.333. The molecule has 0 fully saturated rings. The molecule has 2 heterocycles. The first-order chi connectivity index (χ1) is 9.54. The summed E-state index contributed by atoms with van der Waals surface area (Å²) in [4.78, 5) is 4.27. The number of aryl methyl sites for hydroxylation is 2. The van der Waals surface area contributed by atoms with Gasteiger partial charge in [0.1, 0.15) is 5.82 Å². The lowest BCUT2D eigenvalue weighted by Gasteiger charge is -2.18. The van der Waals surface area contributed by atoms with Gasteiger partial charge in [-0.15, -0.1) is 0 Å². The van der Waals surface area contributed by atoms with Crippen molar-refractivity contribution in [3.63, 3.8) is 0 Å². The Balaban J connectivity index is 1.91. The van der Waals surface area contributed by atoms with Crippen LogP contribution in [0.2, 0.25) is 0 Å². The zero-order valence-corrected chi connectivity index (χ0v) is 12.5. The van der Waals surface area contributed by atoms with Crippen LogP contribution in [0.4, 0.5) is 10.8 Å². The molecule has 0 spiro atoms. The number of nitrogens with zero attached hydrogens (tertiary/aromatic N) is 2. The third-order valence-electron chi connectivity index (χ3n) is 3.07. The van der Waals surface area contributed by atoms with E-state index in [1.54, 1.807) is 19.1 Å². The Morgan fingerprint density at radius 2 is 2.25 bits per heavy atom. The topological polar surface area (TPSA) is 84.0 Å². The third-order valence-corrected chi connectivity index (χ3v) is 5.26. The van der Waals surface area contributed by atoms with Crippen LogP contribution in [-0.4, -0.2) is 24.3 Å². The molecular formula is C12H14N4O2S2. The van der Waals surface area contributed by atoms with Gasteiger partial charge in [-0.25, -0.2) is 13.4 Å². The highest BCUT2D eigenvalue weighted by atomic mass is 32.2. The summed E-state index contributed by atoms with van der Waals surface area (Å²) in [5.74, 6) is 0.558. The number of fused-ring (bicyclic) bond motifs is 1. The molecule has 0 atom stereocenters. The lowest BCUT2D eigenvalue weighted by molar-refractivity contribution is 0.601. The number of anilines is 2. The Morgan fingerprint density at radius 1 is 1.40 bits per heavy atom. The number of hydrogen-bond acceptors (Lipinski definition) is 6. The number of nitrogens with one attached hydrogen (secondary N) is 2. The highest BCUT2D eigenvalue weighted by Crippen LogP contribution is 2.26. The fourth-order valence-electron chi connectivity index (χ4n) is 2.13.